The second-order valence-corrected chi connectivity index (χ2v) is 3.69. The van der Waals surface area contributed by atoms with Gasteiger partial charge < -0.3 is 14.8 Å². The molecule has 0 spiro atoms. The van der Waals surface area contributed by atoms with Gasteiger partial charge in [0.05, 0.1) is 12.7 Å². The van der Waals surface area contributed by atoms with Crippen LogP contribution in [0.2, 0.25) is 0 Å². The van der Waals surface area contributed by atoms with Gasteiger partial charge in [0.2, 0.25) is 0 Å². The van der Waals surface area contributed by atoms with Crippen LogP contribution in [-0.2, 0) is 9.47 Å². The highest BCUT2D eigenvalue weighted by molar-refractivity contribution is 4.59. The fourth-order valence-corrected chi connectivity index (χ4v) is 1.05. The Bertz CT molecular complexity index is 101. The van der Waals surface area contributed by atoms with E-state index in [1.807, 2.05) is 7.05 Å². The van der Waals surface area contributed by atoms with Crippen molar-refractivity contribution in [3.8, 4) is 0 Å². The maximum atomic E-state index is 5.65. The van der Waals surface area contributed by atoms with Crippen LogP contribution < -0.4 is 5.32 Å². The lowest BCUT2D eigenvalue weighted by Gasteiger charge is -2.17. The highest BCUT2D eigenvalue weighted by Gasteiger charge is 2.07. The molecule has 1 N–H and O–H groups in total. The molecule has 0 bridgehead atoms. The Morgan fingerprint density at radius 2 is 2.00 bits per heavy atom. The van der Waals surface area contributed by atoms with Crippen LogP contribution >= 0.6 is 0 Å². The predicted octanol–water partition coefficient (Wildman–Crippen LogP) is 1.28. The van der Waals surface area contributed by atoms with Gasteiger partial charge in [0.1, 0.15) is 0 Å². The molecule has 3 nitrogen and oxygen atoms in total. The SMILES string of the molecule is CNCC(COC)OCCC(C)C. The van der Waals surface area contributed by atoms with Crippen LogP contribution in [0, 0.1) is 5.92 Å². The Morgan fingerprint density at radius 3 is 2.46 bits per heavy atom. The van der Waals surface area contributed by atoms with Gasteiger partial charge in [-0.3, -0.25) is 0 Å². The molecule has 3 heteroatoms. The minimum absolute atomic E-state index is 0.189. The molecule has 0 aliphatic rings. The molecular weight excluding hydrogens is 166 g/mol. The van der Waals surface area contributed by atoms with Gasteiger partial charge in [0.15, 0.2) is 0 Å². The van der Waals surface area contributed by atoms with Crippen molar-refractivity contribution in [2.24, 2.45) is 5.92 Å². The zero-order chi connectivity index (χ0) is 10.1. The first-order valence-electron chi connectivity index (χ1n) is 4.95. The summed E-state index contributed by atoms with van der Waals surface area (Å²) in [5.74, 6) is 0.706. The molecular formula is C10H23NO2. The standard InChI is InChI=1S/C10H23NO2/c1-9(2)5-6-13-10(7-11-3)8-12-4/h9-11H,5-8H2,1-4H3. The predicted molar refractivity (Wildman–Crippen MR) is 55.0 cm³/mol. The van der Waals surface area contributed by atoms with Gasteiger partial charge in [0, 0.05) is 20.3 Å². The third kappa shape index (κ3) is 8.22. The van der Waals surface area contributed by atoms with E-state index in [2.05, 4.69) is 19.2 Å². The molecule has 0 saturated heterocycles. The lowest BCUT2D eigenvalue weighted by Crippen LogP contribution is -2.31. The van der Waals surface area contributed by atoms with Gasteiger partial charge in [-0.1, -0.05) is 13.8 Å². The minimum Gasteiger partial charge on any atom is -0.382 e. The number of nitrogens with one attached hydrogen (secondary N) is 1. The van der Waals surface area contributed by atoms with E-state index in [9.17, 15) is 0 Å². The van der Waals surface area contributed by atoms with E-state index in [1.165, 1.54) is 0 Å². The maximum Gasteiger partial charge on any atom is 0.0932 e. The van der Waals surface area contributed by atoms with Crippen molar-refractivity contribution in [3.63, 3.8) is 0 Å². The van der Waals surface area contributed by atoms with Gasteiger partial charge in [-0.25, -0.2) is 0 Å². The monoisotopic (exact) mass is 189 g/mol. The molecule has 0 amide bonds. The molecule has 0 aromatic carbocycles. The topological polar surface area (TPSA) is 30.5 Å². The summed E-state index contributed by atoms with van der Waals surface area (Å²) in [7, 11) is 3.63. The van der Waals surface area contributed by atoms with E-state index in [-0.39, 0.29) is 6.10 Å². The summed E-state index contributed by atoms with van der Waals surface area (Å²) in [4.78, 5) is 0. The van der Waals surface area contributed by atoms with Crippen molar-refractivity contribution in [3.05, 3.63) is 0 Å². The fraction of sp³-hybridized carbons (Fsp3) is 1.00. The molecule has 0 aromatic heterocycles. The first-order chi connectivity index (χ1) is 6.20. The average molecular weight is 189 g/mol. The van der Waals surface area contributed by atoms with Crippen LogP contribution in [0.4, 0.5) is 0 Å². The van der Waals surface area contributed by atoms with Crippen molar-refractivity contribution in [2.75, 3.05) is 33.9 Å². The van der Waals surface area contributed by atoms with Crippen molar-refractivity contribution < 1.29 is 9.47 Å². The van der Waals surface area contributed by atoms with Crippen LogP contribution in [0.25, 0.3) is 0 Å². The van der Waals surface area contributed by atoms with E-state index in [0.717, 1.165) is 19.6 Å². The number of methoxy groups -OCH3 is 1. The van der Waals surface area contributed by atoms with Crippen LogP contribution in [0.15, 0.2) is 0 Å². The molecule has 0 fully saturated rings. The molecule has 0 saturated carbocycles. The normalized spacial score (nSPS) is 13.6. The second-order valence-electron chi connectivity index (χ2n) is 3.69. The summed E-state index contributed by atoms with van der Waals surface area (Å²) in [5.41, 5.74) is 0. The summed E-state index contributed by atoms with van der Waals surface area (Å²) >= 11 is 0. The molecule has 0 heterocycles. The van der Waals surface area contributed by atoms with Crippen molar-refractivity contribution in [2.45, 2.75) is 26.4 Å². The molecule has 80 valence electrons. The maximum absolute atomic E-state index is 5.65. The Balaban J connectivity index is 3.44. The van der Waals surface area contributed by atoms with Gasteiger partial charge in [-0.15, -0.1) is 0 Å². The lowest BCUT2D eigenvalue weighted by atomic mass is 10.1. The third-order valence-electron chi connectivity index (χ3n) is 1.83. The van der Waals surface area contributed by atoms with Crippen LogP contribution in [0.1, 0.15) is 20.3 Å². The zero-order valence-corrected chi connectivity index (χ0v) is 9.30. The Kier molecular flexibility index (Phi) is 8.40. The highest BCUT2D eigenvalue weighted by atomic mass is 16.5. The minimum atomic E-state index is 0.189. The molecule has 0 aliphatic carbocycles. The van der Waals surface area contributed by atoms with Gasteiger partial charge in [0.25, 0.3) is 0 Å². The highest BCUT2D eigenvalue weighted by Crippen LogP contribution is 2.01. The number of hydrogen-bond donors (Lipinski definition) is 1. The zero-order valence-electron chi connectivity index (χ0n) is 9.30. The smallest absolute Gasteiger partial charge is 0.0932 e. The van der Waals surface area contributed by atoms with Crippen molar-refractivity contribution in [1.82, 2.24) is 5.32 Å². The molecule has 1 unspecified atom stereocenters. The van der Waals surface area contributed by atoms with E-state index in [1.54, 1.807) is 7.11 Å². The second kappa shape index (κ2) is 8.48. The van der Waals surface area contributed by atoms with E-state index in [0.29, 0.717) is 12.5 Å². The molecule has 0 aliphatic heterocycles. The summed E-state index contributed by atoms with van der Waals surface area (Å²) in [5, 5.41) is 3.09. The first kappa shape index (κ1) is 12.9. The summed E-state index contributed by atoms with van der Waals surface area (Å²) in [6.07, 6.45) is 1.30. The summed E-state index contributed by atoms with van der Waals surface area (Å²) < 4.78 is 10.7. The molecule has 0 radical (unpaired) electrons. The molecule has 13 heavy (non-hydrogen) atoms. The largest absolute Gasteiger partial charge is 0.382 e. The van der Waals surface area contributed by atoms with E-state index in [4.69, 9.17) is 9.47 Å². The number of hydrogen-bond acceptors (Lipinski definition) is 3. The Labute approximate surface area is 81.8 Å². The quantitative estimate of drug-likeness (QED) is 0.624. The third-order valence-corrected chi connectivity index (χ3v) is 1.83. The van der Waals surface area contributed by atoms with Crippen LogP contribution in [0.3, 0.4) is 0 Å². The van der Waals surface area contributed by atoms with Crippen molar-refractivity contribution in [1.29, 1.82) is 0 Å². The van der Waals surface area contributed by atoms with Gasteiger partial charge >= 0.3 is 0 Å². The number of rotatable bonds is 8. The van der Waals surface area contributed by atoms with Crippen molar-refractivity contribution >= 4 is 0 Å². The Hall–Kier alpha value is -0.120. The van der Waals surface area contributed by atoms with Gasteiger partial charge in [-0.2, -0.15) is 0 Å². The number of ether oxygens (including phenoxy) is 2. The van der Waals surface area contributed by atoms with E-state index >= 15 is 0 Å². The molecule has 0 rings (SSSR count). The fourth-order valence-electron chi connectivity index (χ4n) is 1.05. The molecule has 1 atom stereocenters. The summed E-state index contributed by atoms with van der Waals surface area (Å²) in [6, 6.07) is 0. The van der Waals surface area contributed by atoms with Crippen LogP contribution in [0.5, 0.6) is 0 Å². The average Bonchev–Trinajstić information content (AvgIpc) is 2.04. The van der Waals surface area contributed by atoms with Crippen LogP contribution in [-0.4, -0.2) is 40.0 Å². The summed E-state index contributed by atoms with van der Waals surface area (Å²) in [6.45, 7) is 6.75. The molecule has 0 aromatic rings. The van der Waals surface area contributed by atoms with Gasteiger partial charge in [-0.05, 0) is 19.4 Å². The Morgan fingerprint density at radius 1 is 1.31 bits per heavy atom. The number of likely N-dealkylation sites (N-methyl/N-ethyl adjacent to an activating group) is 1. The van der Waals surface area contributed by atoms with E-state index < -0.39 is 0 Å². The lowest BCUT2D eigenvalue weighted by molar-refractivity contribution is -0.00383. The first-order valence-corrected chi connectivity index (χ1v) is 4.95.